The van der Waals surface area contributed by atoms with Gasteiger partial charge >= 0.3 is 0 Å². The molecule has 1 atom stereocenters. The molecule has 1 saturated heterocycles. The smallest absolute Gasteiger partial charge is 0.0762 e. The molecule has 14 heavy (non-hydrogen) atoms. The molecule has 2 heteroatoms. The van der Waals surface area contributed by atoms with E-state index in [1.54, 1.807) is 0 Å². The number of hydrogen-bond acceptors (Lipinski definition) is 2. The second-order valence-corrected chi connectivity index (χ2v) is 4.61. The van der Waals surface area contributed by atoms with Gasteiger partial charge in [-0.05, 0) is 12.2 Å². The minimum atomic E-state index is 0.510. The third-order valence-electron chi connectivity index (χ3n) is 2.55. The Balaban J connectivity index is 2.03. The van der Waals surface area contributed by atoms with Crippen LogP contribution in [0.1, 0.15) is 0 Å². The van der Waals surface area contributed by atoms with E-state index in [9.17, 15) is 0 Å². The average Bonchev–Trinajstić information content (AvgIpc) is 2.42. The van der Waals surface area contributed by atoms with Crippen molar-refractivity contribution >= 4 is 11.8 Å². The third kappa shape index (κ3) is 1.18. The first kappa shape index (κ1) is 8.18. The van der Waals surface area contributed by atoms with Gasteiger partial charge < -0.3 is 4.90 Å². The van der Waals surface area contributed by atoms with Crippen LogP contribution in [0.5, 0.6) is 0 Å². The van der Waals surface area contributed by atoms with E-state index in [0.29, 0.717) is 5.25 Å². The Bertz CT molecular complexity index is 399. The lowest BCUT2D eigenvalue weighted by Crippen LogP contribution is -2.19. The van der Waals surface area contributed by atoms with Gasteiger partial charge in [0.25, 0.3) is 0 Å². The summed E-state index contributed by atoms with van der Waals surface area (Å²) in [5.74, 6) is 0. The summed E-state index contributed by atoms with van der Waals surface area (Å²) < 4.78 is 0. The van der Waals surface area contributed by atoms with Crippen molar-refractivity contribution in [1.82, 2.24) is 4.90 Å². The first-order valence-corrected chi connectivity index (χ1v) is 5.69. The van der Waals surface area contributed by atoms with Crippen LogP contribution in [0.4, 0.5) is 0 Å². The van der Waals surface area contributed by atoms with Gasteiger partial charge in [-0.15, -0.1) is 0 Å². The van der Waals surface area contributed by atoms with Crippen molar-refractivity contribution < 1.29 is 0 Å². The second-order valence-electron chi connectivity index (χ2n) is 3.44. The summed E-state index contributed by atoms with van der Waals surface area (Å²) >= 11 is 1.93. The molecule has 0 radical (unpaired) electrons. The third-order valence-corrected chi connectivity index (χ3v) is 3.81. The van der Waals surface area contributed by atoms with Crippen molar-refractivity contribution in [2.45, 2.75) is 5.25 Å². The molecule has 0 amide bonds. The van der Waals surface area contributed by atoms with E-state index in [-0.39, 0.29) is 0 Å². The minimum absolute atomic E-state index is 0.510. The fraction of sp³-hybridized carbons (Fsp3) is 0.167. The zero-order valence-corrected chi connectivity index (χ0v) is 8.58. The number of hydrogen-bond donors (Lipinski definition) is 0. The van der Waals surface area contributed by atoms with E-state index in [1.807, 2.05) is 11.8 Å². The van der Waals surface area contributed by atoms with Crippen LogP contribution in [-0.4, -0.2) is 16.7 Å². The number of fused-ring (bicyclic) bond motifs is 3. The van der Waals surface area contributed by atoms with Gasteiger partial charge in [0.2, 0.25) is 0 Å². The normalized spacial score (nSPS) is 28.0. The highest BCUT2D eigenvalue weighted by molar-refractivity contribution is 8.04. The van der Waals surface area contributed by atoms with Crippen molar-refractivity contribution in [3.05, 3.63) is 59.3 Å². The van der Waals surface area contributed by atoms with Crippen molar-refractivity contribution in [3.63, 3.8) is 0 Å². The lowest BCUT2D eigenvalue weighted by atomic mass is 10.2. The first-order chi connectivity index (χ1) is 6.95. The summed E-state index contributed by atoms with van der Waals surface area (Å²) in [5, 5.41) is 1.89. The summed E-state index contributed by atoms with van der Waals surface area (Å²) in [6.07, 6.45) is 17.4. The van der Waals surface area contributed by atoms with Crippen LogP contribution in [-0.2, 0) is 0 Å². The highest BCUT2D eigenvalue weighted by Gasteiger charge is 2.30. The number of rotatable bonds is 0. The topological polar surface area (TPSA) is 3.24 Å². The molecular weight excluding hydrogens is 190 g/mol. The number of thioether (sulfide) groups is 1. The molecule has 0 aromatic rings. The predicted molar refractivity (Wildman–Crippen MR) is 61.7 cm³/mol. The molecule has 0 bridgehead atoms. The quantitative estimate of drug-likeness (QED) is 0.593. The summed E-state index contributed by atoms with van der Waals surface area (Å²) in [7, 11) is 0. The molecule has 0 aromatic carbocycles. The van der Waals surface area contributed by atoms with Crippen LogP contribution < -0.4 is 0 Å². The summed E-state index contributed by atoms with van der Waals surface area (Å²) in [6, 6.07) is 0. The van der Waals surface area contributed by atoms with Gasteiger partial charge in [-0.1, -0.05) is 48.2 Å². The Kier molecular flexibility index (Phi) is 1.88. The van der Waals surface area contributed by atoms with E-state index < -0.39 is 0 Å². The van der Waals surface area contributed by atoms with Gasteiger partial charge in [-0.2, -0.15) is 0 Å². The number of allylic oxidation sites excluding steroid dienone is 6. The van der Waals surface area contributed by atoms with Gasteiger partial charge in [0, 0.05) is 12.2 Å². The highest BCUT2D eigenvalue weighted by Crippen LogP contribution is 2.43. The average molecular weight is 201 g/mol. The molecule has 0 saturated carbocycles. The lowest BCUT2D eigenvalue weighted by Gasteiger charge is -2.21. The van der Waals surface area contributed by atoms with Gasteiger partial charge in [0.1, 0.15) is 0 Å². The van der Waals surface area contributed by atoms with Crippen LogP contribution in [0.15, 0.2) is 59.3 Å². The molecule has 1 aliphatic carbocycles. The van der Waals surface area contributed by atoms with E-state index in [1.165, 1.54) is 10.7 Å². The molecule has 1 nitrogen and oxygen atoms in total. The second kappa shape index (κ2) is 3.21. The number of nitrogens with zero attached hydrogens (tertiary/aromatic N) is 1. The van der Waals surface area contributed by atoms with Crippen molar-refractivity contribution in [2.24, 2.45) is 0 Å². The standard InChI is InChI=1S/C12H11NS/c1-2-6-10-11(7-3-1)14-12-8-4-5-9-13(10)12/h1-8,11H,9H2. The minimum Gasteiger partial charge on any atom is -0.335 e. The summed E-state index contributed by atoms with van der Waals surface area (Å²) in [6.45, 7) is 1.02. The van der Waals surface area contributed by atoms with E-state index >= 15 is 0 Å². The summed E-state index contributed by atoms with van der Waals surface area (Å²) in [5.41, 5.74) is 1.41. The Labute approximate surface area is 88.2 Å². The molecule has 3 rings (SSSR count). The molecule has 3 aliphatic rings. The Morgan fingerprint density at radius 2 is 2.14 bits per heavy atom. The maximum atomic E-state index is 2.38. The Morgan fingerprint density at radius 3 is 3.14 bits per heavy atom. The maximum absolute atomic E-state index is 2.38. The summed E-state index contributed by atoms with van der Waals surface area (Å²) in [4.78, 5) is 2.38. The van der Waals surface area contributed by atoms with Gasteiger partial charge in [0.05, 0.1) is 10.3 Å². The van der Waals surface area contributed by atoms with Crippen molar-refractivity contribution in [2.75, 3.05) is 6.54 Å². The van der Waals surface area contributed by atoms with Gasteiger partial charge in [-0.3, -0.25) is 0 Å². The van der Waals surface area contributed by atoms with Crippen LogP contribution in [0.25, 0.3) is 0 Å². The van der Waals surface area contributed by atoms with Crippen LogP contribution in [0.3, 0.4) is 0 Å². The molecule has 70 valence electrons. The van der Waals surface area contributed by atoms with Crippen LogP contribution in [0, 0.1) is 0 Å². The maximum Gasteiger partial charge on any atom is 0.0762 e. The fourth-order valence-corrected chi connectivity index (χ4v) is 3.10. The predicted octanol–water partition coefficient (Wildman–Crippen LogP) is 2.82. The zero-order chi connectivity index (χ0) is 9.38. The Hall–Kier alpha value is -1.15. The monoisotopic (exact) mass is 201 g/mol. The molecule has 0 aromatic heterocycles. The molecule has 2 heterocycles. The Morgan fingerprint density at radius 1 is 1.14 bits per heavy atom. The molecular formula is C12H11NS. The van der Waals surface area contributed by atoms with Crippen LogP contribution >= 0.6 is 11.8 Å². The SMILES string of the molecule is C1=CC=C2C(C=C1)SC1=CC=CCN12. The molecule has 2 aliphatic heterocycles. The van der Waals surface area contributed by atoms with E-state index in [2.05, 4.69) is 53.5 Å². The van der Waals surface area contributed by atoms with E-state index in [0.717, 1.165) is 6.54 Å². The first-order valence-electron chi connectivity index (χ1n) is 4.81. The largest absolute Gasteiger partial charge is 0.335 e. The molecule has 0 N–H and O–H groups in total. The molecule has 0 spiro atoms. The van der Waals surface area contributed by atoms with Crippen molar-refractivity contribution in [3.8, 4) is 0 Å². The van der Waals surface area contributed by atoms with Crippen molar-refractivity contribution in [1.29, 1.82) is 0 Å². The van der Waals surface area contributed by atoms with Crippen LogP contribution in [0.2, 0.25) is 0 Å². The highest BCUT2D eigenvalue weighted by atomic mass is 32.2. The fourth-order valence-electron chi connectivity index (χ4n) is 1.88. The molecule has 1 fully saturated rings. The zero-order valence-electron chi connectivity index (χ0n) is 7.76. The lowest BCUT2D eigenvalue weighted by molar-refractivity contribution is 0.508. The van der Waals surface area contributed by atoms with E-state index in [4.69, 9.17) is 0 Å². The molecule has 1 unspecified atom stereocenters. The van der Waals surface area contributed by atoms with Gasteiger partial charge in [0.15, 0.2) is 0 Å². The van der Waals surface area contributed by atoms with Gasteiger partial charge in [-0.25, -0.2) is 0 Å².